The van der Waals surface area contributed by atoms with Crippen molar-refractivity contribution in [2.45, 2.75) is 26.3 Å². The third-order valence-electron chi connectivity index (χ3n) is 5.77. The predicted molar refractivity (Wildman–Crippen MR) is 134 cm³/mol. The van der Waals surface area contributed by atoms with Crippen LogP contribution in [0.1, 0.15) is 24.0 Å². The molecule has 0 radical (unpaired) electrons. The maximum Gasteiger partial charge on any atom is 0.180 e. The van der Waals surface area contributed by atoms with E-state index in [-0.39, 0.29) is 0 Å². The summed E-state index contributed by atoms with van der Waals surface area (Å²) in [5.74, 6) is 2.68. The second-order valence-corrected chi connectivity index (χ2v) is 8.56. The molecule has 0 amide bonds. The minimum Gasteiger partial charge on any atom is -0.369 e. The van der Waals surface area contributed by atoms with Crippen molar-refractivity contribution in [3.05, 3.63) is 84.1 Å². The fraction of sp³-hybridized carbons (Fsp3) is 0.269. The smallest absolute Gasteiger partial charge is 0.180 e. The molecule has 5 rings (SSSR count). The highest BCUT2D eigenvalue weighted by atomic mass is 15.2. The van der Waals surface area contributed by atoms with Gasteiger partial charge < -0.3 is 15.5 Å². The minimum atomic E-state index is 0.510. The van der Waals surface area contributed by atoms with Gasteiger partial charge in [0.2, 0.25) is 0 Å². The van der Waals surface area contributed by atoms with Crippen molar-refractivity contribution in [2.24, 2.45) is 0 Å². The second-order valence-electron chi connectivity index (χ2n) is 8.56. The highest BCUT2D eigenvalue weighted by molar-refractivity contribution is 5.56. The third kappa shape index (κ3) is 5.35. The summed E-state index contributed by atoms with van der Waals surface area (Å²) in [6.45, 7) is 7.26. The van der Waals surface area contributed by atoms with Gasteiger partial charge in [0.05, 0.1) is 0 Å². The van der Waals surface area contributed by atoms with E-state index in [0.717, 1.165) is 36.8 Å². The van der Waals surface area contributed by atoms with Gasteiger partial charge in [0.15, 0.2) is 5.82 Å². The standard InChI is InChI=1S/C26H28N8/c1-18-4-3-5-22(30-18)26-29-13-11-24(33-26)31-23-10-12-28-25(32-23)16-20-6-8-21(9-7-20)34-15-14-27-19(2)17-34/h3-13,19,27H,14-17H2,1-2H3,(H,28,29,31,32,33)/t19-/m1/s1. The molecule has 3 aromatic heterocycles. The lowest BCUT2D eigenvalue weighted by atomic mass is 10.1. The number of piperazine rings is 1. The Bertz CT molecular complexity index is 1260. The molecule has 8 nitrogen and oxygen atoms in total. The van der Waals surface area contributed by atoms with Crippen LogP contribution in [0.3, 0.4) is 0 Å². The number of hydrogen-bond donors (Lipinski definition) is 2. The number of aryl methyl sites for hydroxylation is 1. The molecule has 34 heavy (non-hydrogen) atoms. The van der Waals surface area contributed by atoms with Crippen molar-refractivity contribution in [3.8, 4) is 11.5 Å². The van der Waals surface area contributed by atoms with Gasteiger partial charge in [-0.3, -0.25) is 0 Å². The van der Waals surface area contributed by atoms with E-state index in [9.17, 15) is 0 Å². The van der Waals surface area contributed by atoms with Gasteiger partial charge in [-0.25, -0.2) is 24.9 Å². The average Bonchev–Trinajstić information content (AvgIpc) is 2.85. The van der Waals surface area contributed by atoms with Gasteiger partial charge in [0.25, 0.3) is 0 Å². The molecule has 0 bridgehead atoms. The Balaban J connectivity index is 1.27. The summed E-state index contributed by atoms with van der Waals surface area (Å²) < 4.78 is 0. The Morgan fingerprint density at radius 1 is 0.941 bits per heavy atom. The van der Waals surface area contributed by atoms with E-state index >= 15 is 0 Å². The summed E-state index contributed by atoms with van der Waals surface area (Å²) in [5, 5.41) is 6.76. The molecule has 4 aromatic rings. The van der Waals surface area contributed by atoms with Crippen molar-refractivity contribution >= 4 is 17.3 Å². The SMILES string of the molecule is Cc1cccc(-c2nccc(Nc3ccnc(Cc4ccc(N5CCN[C@H](C)C5)cc4)n3)n2)n1. The lowest BCUT2D eigenvalue weighted by Gasteiger charge is -2.33. The second kappa shape index (κ2) is 9.93. The Kier molecular flexibility index (Phi) is 6.40. The molecular formula is C26H28N8. The first-order valence-electron chi connectivity index (χ1n) is 11.6. The molecule has 0 aliphatic carbocycles. The first-order chi connectivity index (χ1) is 16.6. The zero-order valence-corrected chi connectivity index (χ0v) is 19.4. The van der Waals surface area contributed by atoms with E-state index in [1.807, 2.05) is 37.3 Å². The Hall–Kier alpha value is -3.91. The lowest BCUT2D eigenvalue weighted by molar-refractivity contribution is 0.485. The van der Waals surface area contributed by atoms with Crippen LogP contribution in [0, 0.1) is 6.92 Å². The Morgan fingerprint density at radius 3 is 2.53 bits per heavy atom. The normalized spacial score (nSPS) is 15.8. The summed E-state index contributed by atoms with van der Waals surface area (Å²) in [5.41, 5.74) is 4.11. The van der Waals surface area contributed by atoms with Gasteiger partial charge in [-0.15, -0.1) is 0 Å². The third-order valence-corrected chi connectivity index (χ3v) is 5.77. The molecule has 2 N–H and O–H groups in total. The van der Waals surface area contributed by atoms with Crippen molar-refractivity contribution in [1.29, 1.82) is 0 Å². The summed E-state index contributed by atoms with van der Waals surface area (Å²) >= 11 is 0. The fourth-order valence-corrected chi connectivity index (χ4v) is 4.08. The van der Waals surface area contributed by atoms with Crippen LogP contribution in [-0.2, 0) is 6.42 Å². The van der Waals surface area contributed by atoms with E-state index in [1.54, 1.807) is 12.4 Å². The molecule has 4 heterocycles. The van der Waals surface area contributed by atoms with Crippen LogP contribution in [0.2, 0.25) is 0 Å². The topological polar surface area (TPSA) is 91.8 Å². The van der Waals surface area contributed by atoms with Crippen molar-refractivity contribution in [3.63, 3.8) is 0 Å². The maximum atomic E-state index is 4.69. The van der Waals surface area contributed by atoms with Crippen LogP contribution in [0.15, 0.2) is 67.0 Å². The van der Waals surface area contributed by atoms with E-state index in [0.29, 0.717) is 29.9 Å². The first-order valence-corrected chi connectivity index (χ1v) is 11.6. The summed E-state index contributed by atoms with van der Waals surface area (Å²) in [6.07, 6.45) is 4.15. The van der Waals surface area contributed by atoms with Crippen molar-refractivity contribution in [1.82, 2.24) is 30.2 Å². The zero-order chi connectivity index (χ0) is 23.3. The Morgan fingerprint density at radius 2 is 1.74 bits per heavy atom. The van der Waals surface area contributed by atoms with Crippen LogP contribution < -0.4 is 15.5 Å². The summed E-state index contributed by atoms with van der Waals surface area (Å²) in [7, 11) is 0. The van der Waals surface area contributed by atoms with Gasteiger partial charge in [-0.1, -0.05) is 18.2 Å². The van der Waals surface area contributed by atoms with Gasteiger partial charge in [-0.05, 0) is 55.8 Å². The number of benzene rings is 1. The van der Waals surface area contributed by atoms with Crippen LogP contribution in [0.25, 0.3) is 11.5 Å². The molecule has 8 heteroatoms. The van der Waals surface area contributed by atoms with Gasteiger partial charge >= 0.3 is 0 Å². The summed E-state index contributed by atoms with van der Waals surface area (Å²) in [6, 6.07) is 18.7. The van der Waals surface area contributed by atoms with Crippen LogP contribution in [-0.4, -0.2) is 50.6 Å². The largest absolute Gasteiger partial charge is 0.369 e. The minimum absolute atomic E-state index is 0.510. The molecule has 1 atom stereocenters. The molecule has 1 aliphatic rings. The predicted octanol–water partition coefficient (Wildman–Crippen LogP) is 3.77. The van der Waals surface area contributed by atoms with Crippen LogP contribution >= 0.6 is 0 Å². The number of anilines is 3. The van der Waals surface area contributed by atoms with E-state index in [2.05, 4.69) is 71.6 Å². The molecule has 0 saturated carbocycles. The van der Waals surface area contributed by atoms with Crippen molar-refractivity contribution in [2.75, 3.05) is 29.9 Å². The van der Waals surface area contributed by atoms with Crippen LogP contribution in [0.4, 0.5) is 17.3 Å². The number of hydrogen-bond acceptors (Lipinski definition) is 8. The number of rotatable bonds is 6. The first kappa shape index (κ1) is 21.9. The molecule has 1 saturated heterocycles. The number of aromatic nitrogens is 5. The number of nitrogens with one attached hydrogen (secondary N) is 2. The molecular weight excluding hydrogens is 424 g/mol. The van der Waals surface area contributed by atoms with Crippen LogP contribution in [0.5, 0.6) is 0 Å². The summed E-state index contributed by atoms with van der Waals surface area (Å²) in [4.78, 5) is 25.0. The molecule has 1 aromatic carbocycles. The molecule has 0 spiro atoms. The number of pyridine rings is 1. The maximum absolute atomic E-state index is 4.69. The van der Waals surface area contributed by atoms with Gasteiger partial charge in [-0.2, -0.15) is 0 Å². The fourth-order valence-electron chi connectivity index (χ4n) is 4.08. The molecule has 0 unspecified atom stereocenters. The number of nitrogens with zero attached hydrogens (tertiary/aromatic N) is 6. The molecule has 1 aliphatic heterocycles. The zero-order valence-electron chi connectivity index (χ0n) is 19.4. The quantitative estimate of drug-likeness (QED) is 0.457. The van der Waals surface area contributed by atoms with Gasteiger partial charge in [0, 0.05) is 55.9 Å². The highest BCUT2D eigenvalue weighted by Gasteiger charge is 2.15. The average molecular weight is 453 g/mol. The molecule has 172 valence electrons. The Labute approximate surface area is 199 Å². The highest BCUT2D eigenvalue weighted by Crippen LogP contribution is 2.20. The van der Waals surface area contributed by atoms with Crippen molar-refractivity contribution < 1.29 is 0 Å². The molecule has 1 fully saturated rings. The lowest BCUT2D eigenvalue weighted by Crippen LogP contribution is -2.49. The van der Waals surface area contributed by atoms with E-state index in [1.165, 1.54) is 11.3 Å². The van der Waals surface area contributed by atoms with Gasteiger partial charge in [0.1, 0.15) is 23.2 Å². The van der Waals surface area contributed by atoms with E-state index < -0.39 is 0 Å². The monoisotopic (exact) mass is 452 g/mol. The van der Waals surface area contributed by atoms with E-state index in [4.69, 9.17) is 0 Å².